The first-order valence-electron chi connectivity index (χ1n) is 9.14. The summed E-state index contributed by atoms with van der Waals surface area (Å²) in [5.74, 6) is 3.28. The Morgan fingerprint density at radius 2 is 1.59 bits per heavy atom. The molecule has 0 amide bonds. The number of hydrogen-bond donors (Lipinski definition) is 2. The van der Waals surface area contributed by atoms with Gasteiger partial charge in [-0.15, -0.1) is 0 Å². The van der Waals surface area contributed by atoms with E-state index in [1.165, 1.54) is 16.7 Å². The maximum atomic E-state index is 5.27. The molecule has 1 heterocycles. The highest BCUT2D eigenvalue weighted by atomic mass is 16.5. The Balaban J connectivity index is 1.56. The Hall–Kier alpha value is -3.08. The largest absolute Gasteiger partial charge is 0.497 e. The quantitative estimate of drug-likeness (QED) is 0.623. The molecule has 0 aliphatic carbocycles. The maximum absolute atomic E-state index is 5.27. The van der Waals surface area contributed by atoms with Gasteiger partial charge in [-0.25, -0.2) is 9.97 Å². The first kappa shape index (κ1) is 18.7. The summed E-state index contributed by atoms with van der Waals surface area (Å²) in [7, 11) is 1.69. The molecule has 0 spiro atoms. The van der Waals surface area contributed by atoms with Crippen molar-refractivity contribution in [2.45, 2.75) is 26.8 Å². The smallest absolute Gasteiger partial charge is 0.132 e. The number of nitrogens with one attached hydrogen (secondary N) is 2. The molecule has 0 bridgehead atoms. The maximum Gasteiger partial charge on any atom is 0.132 e. The zero-order chi connectivity index (χ0) is 19.1. The predicted octanol–water partition coefficient (Wildman–Crippen LogP) is 4.37. The van der Waals surface area contributed by atoms with Gasteiger partial charge in [0.2, 0.25) is 0 Å². The highest BCUT2D eigenvalue weighted by molar-refractivity contribution is 5.48. The van der Waals surface area contributed by atoms with Gasteiger partial charge in [0.15, 0.2) is 0 Å². The molecule has 0 saturated heterocycles. The topological polar surface area (TPSA) is 59.1 Å². The molecule has 27 heavy (non-hydrogen) atoms. The highest BCUT2D eigenvalue weighted by Crippen LogP contribution is 2.15. The van der Waals surface area contributed by atoms with E-state index in [9.17, 15) is 0 Å². The van der Waals surface area contributed by atoms with E-state index in [-0.39, 0.29) is 0 Å². The molecule has 3 aromatic rings. The summed E-state index contributed by atoms with van der Waals surface area (Å²) in [5, 5.41) is 6.76. The lowest BCUT2D eigenvalue weighted by Gasteiger charge is -2.11. The van der Waals surface area contributed by atoms with Gasteiger partial charge in [0.1, 0.15) is 23.2 Å². The Kier molecular flexibility index (Phi) is 6.26. The number of aromatic nitrogens is 2. The summed E-state index contributed by atoms with van der Waals surface area (Å²) in [4.78, 5) is 8.96. The molecule has 0 radical (unpaired) electrons. The van der Waals surface area contributed by atoms with Crippen LogP contribution in [-0.4, -0.2) is 23.6 Å². The summed E-state index contributed by atoms with van der Waals surface area (Å²) < 4.78 is 5.27. The van der Waals surface area contributed by atoms with Crippen molar-refractivity contribution in [1.82, 2.24) is 9.97 Å². The molecule has 0 aliphatic heterocycles. The number of nitrogens with zero attached hydrogens (tertiary/aromatic N) is 2. The van der Waals surface area contributed by atoms with E-state index in [0.29, 0.717) is 0 Å². The van der Waals surface area contributed by atoms with Gasteiger partial charge < -0.3 is 15.4 Å². The van der Waals surface area contributed by atoms with Gasteiger partial charge in [-0.2, -0.15) is 0 Å². The van der Waals surface area contributed by atoms with Crippen LogP contribution in [0.25, 0.3) is 0 Å². The van der Waals surface area contributed by atoms with Crippen molar-refractivity contribution in [3.8, 4) is 5.75 Å². The zero-order valence-electron chi connectivity index (χ0n) is 16.1. The summed E-state index contributed by atoms with van der Waals surface area (Å²) in [6.07, 6.45) is 0.895. The summed E-state index contributed by atoms with van der Waals surface area (Å²) in [6.45, 7) is 5.53. The fourth-order valence-corrected chi connectivity index (χ4v) is 2.81. The lowest BCUT2D eigenvalue weighted by atomic mass is 10.1. The monoisotopic (exact) mass is 362 g/mol. The molecule has 1 aromatic heterocycles. The highest BCUT2D eigenvalue weighted by Gasteiger charge is 2.03. The average molecular weight is 362 g/mol. The van der Waals surface area contributed by atoms with Crippen molar-refractivity contribution < 1.29 is 4.74 Å². The van der Waals surface area contributed by atoms with Crippen LogP contribution < -0.4 is 15.4 Å². The van der Waals surface area contributed by atoms with Crippen LogP contribution in [0.15, 0.2) is 54.6 Å². The second-order valence-electron chi connectivity index (χ2n) is 6.55. The van der Waals surface area contributed by atoms with Crippen LogP contribution in [0.3, 0.4) is 0 Å². The van der Waals surface area contributed by atoms with Crippen LogP contribution >= 0.6 is 0 Å². The SMILES string of the molecule is COc1cccc(CCNc2cc(NCc3ccc(C)cc3)nc(C)n2)c1. The van der Waals surface area contributed by atoms with E-state index in [2.05, 4.69) is 63.9 Å². The van der Waals surface area contributed by atoms with Gasteiger partial charge in [-0.05, 0) is 43.5 Å². The van der Waals surface area contributed by atoms with Gasteiger partial charge in [-0.3, -0.25) is 0 Å². The molecule has 140 valence electrons. The second-order valence-corrected chi connectivity index (χ2v) is 6.55. The van der Waals surface area contributed by atoms with Gasteiger partial charge in [0.05, 0.1) is 7.11 Å². The van der Waals surface area contributed by atoms with Crippen molar-refractivity contribution in [2.24, 2.45) is 0 Å². The average Bonchev–Trinajstić information content (AvgIpc) is 2.67. The molecular weight excluding hydrogens is 336 g/mol. The Bertz CT molecular complexity index is 878. The van der Waals surface area contributed by atoms with Crippen molar-refractivity contribution >= 4 is 11.6 Å². The number of ether oxygens (including phenoxy) is 1. The third kappa shape index (κ3) is 5.71. The minimum Gasteiger partial charge on any atom is -0.497 e. The number of methoxy groups -OCH3 is 1. The molecule has 2 N–H and O–H groups in total. The Morgan fingerprint density at radius 3 is 2.33 bits per heavy atom. The van der Waals surface area contributed by atoms with Crippen molar-refractivity contribution in [2.75, 3.05) is 24.3 Å². The van der Waals surface area contributed by atoms with E-state index in [0.717, 1.165) is 42.7 Å². The van der Waals surface area contributed by atoms with Gasteiger partial charge in [0.25, 0.3) is 0 Å². The first-order chi connectivity index (χ1) is 13.1. The molecular formula is C22H26N4O. The van der Waals surface area contributed by atoms with Crippen LogP contribution in [-0.2, 0) is 13.0 Å². The summed E-state index contributed by atoms with van der Waals surface area (Å²) >= 11 is 0. The van der Waals surface area contributed by atoms with E-state index in [1.807, 2.05) is 25.1 Å². The van der Waals surface area contributed by atoms with Crippen LogP contribution in [0.1, 0.15) is 22.5 Å². The van der Waals surface area contributed by atoms with Crippen molar-refractivity contribution in [3.05, 3.63) is 77.1 Å². The van der Waals surface area contributed by atoms with Crippen LogP contribution in [0.2, 0.25) is 0 Å². The minimum atomic E-state index is 0.736. The normalized spacial score (nSPS) is 10.5. The predicted molar refractivity (Wildman–Crippen MR) is 110 cm³/mol. The molecule has 0 saturated carbocycles. The Labute approximate surface area is 160 Å². The zero-order valence-corrected chi connectivity index (χ0v) is 16.1. The van der Waals surface area contributed by atoms with Crippen molar-refractivity contribution in [3.63, 3.8) is 0 Å². The third-order valence-corrected chi connectivity index (χ3v) is 4.29. The summed E-state index contributed by atoms with van der Waals surface area (Å²) in [6, 6.07) is 18.6. The first-order valence-corrected chi connectivity index (χ1v) is 9.14. The lowest BCUT2D eigenvalue weighted by Crippen LogP contribution is -2.09. The van der Waals surface area contributed by atoms with Crippen LogP contribution in [0.5, 0.6) is 5.75 Å². The molecule has 0 fully saturated rings. The molecule has 2 aromatic carbocycles. The number of anilines is 2. The number of hydrogen-bond acceptors (Lipinski definition) is 5. The molecule has 0 aliphatic rings. The number of rotatable bonds is 8. The van der Waals surface area contributed by atoms with E-state index < -0.39 is 0 Å². The molecule has 0 unspecified atom stereocenters. The van der Waals surface area contributed by atoms with Crippen LogP contribution in [0.4, 0.5) is 11.6 Å². The molecule has 5 heteroatoms. The van der Waals surface area contributed by atoms with E-state index in [4.69, 9.17) is 4.74 Å². The van der Waals surface area contributed by atoms with Gasteiger partial charge >= 0.3 is 0 Å². The second kappa shape index (κ2) is 9.03. The fraction of sp³-hybridized carbons (Fsp3) is 0.273. The number of benzene rings is 2. The molecule has 5 nitrogen and oxygen atoms in total. The standard InChI is InChI=1S/C22H26N4O/c1-16-7-9-19(10-8-16)15-24-22-14-21(25-17(2)26-22)23-12-11-18-5-4-6-20(13-18)27-3/h4-10,13-14H,11-12,15H2,1-3H3,(H2,23,24,25,26). The molecule has 0 atom stereocenters. The minimum absolute atomic E-state index is 0.736. The van der Waals surface area contributed by atoms with Gasteiger partial charge in [-0.1, -0.05) is 42.0 Å². The van der Waals surface area contributed by atoms with E-state index >= 15 is 0 Å². The summed E-state index contributed by atoms with van der Waals surface area (Å²) in [5.41, 5.74) is 3.72. The van der Waals surface area contributed by atoms with Crippen molar-refractivity contribution in [1.29, 1.82) is 0 Å². The van der Waals surface area contributed by atoms with Gasteiger partial charge in [0, 0.05) is 19.2 Å². The number of aryl methyl sites for hydroxylation is 2. The Morgan fingerprint density at radius 1 is 0.852 bits per heavy atom. The lowest BCUT2D eigenvalue weighted by molar-refractivity contribution is 0.414. The fourth-order valence-electron chi connectivity index (χ4n) is 2.81. The van der Waals surface area contributed by atoms with Crippen LogP contribution in [0, 0.1) is 13.8 Å². The third-order valence-electron chi connectivity index (χ3n) is 4.29. The molecule has 3 rings (SSSR count). The van der Waals surface area contributed by atoms with E-state index in [1.54, 1.807) is 7.11 Å².